The summed E-state index contributed by atoms with van der Waals surface area (Å²) in [6, 6.07) is 8.42. The second-order valence-electron chi connectivity index (χ2n) is 4.07. The van der Waals surface area contributed by atoms with Crippen molar-refractivity contribution in [1.29, 1.82) is 0 Å². The van der Waals surface area contributed by atoms with Crippen molar-refractivity contribution >= 4 is 23.0 Å². The molecule has 1 aromatic carbocycles. The van der Waals surface area contributed by atoms with E-state index < -0.39 is 11.8 Å². The molecule has 1 heterocycles. The van der Waals surface area contributed by atoms with Gasteiger partial charge in [0, 0.05) is 10.6 Å². The fourth-order valence-corrected chi connectivity index (χ4v) is 2.47. The third-order valence-corrected chi connectivity index (χ3v) is 3.78. The number of hydrogen-bond acceptors (Lipinski definition) is 4. The molecule has 0 radical (unpaired) electrons. The first-order valence-electron chi connectivity index (χ1n) is 5.79. The normalized spacial score (nSPS) is 11.9. The van der Waals surface area contributed by atoms with Crippen LogP contribution < -0.4 is 5.32 Å². The predicted octanol–water partition coefficient (Wildman–Crippen LogP) is 3.85. The van der Waals surface area contributed by atoms with Crippen molar-refractivity contribution in [3.8, 4) is 0 Å². The van der Waals surface area contributed by atoms with Gasteiger partial charge in [-0.2, -0.15) is 0 Å². The summed E-state index contributed by atoms with van der Waals surface area (Å²) in [5, 5.41) is 5.22. The van der Waals surface area contributed by atoms with E-state index in [0.717, 1.165) is 0 Å². The Balaban J connectivity index is 2.19. The molecule has 1 atom stereocenters. The Morgan fingerprint density at radius 2 is 2.21 bits per heavy atom. The van der Waals surface area contributed by atoms with Crippen molar-refractivity contribution in [2.45, 2.75) is 13.0 Å². The van der Waals surface area contributed by atoms with Crippen LogP contribution in [0.2, 0.25) is 0 Å². The van der Waals surface area contributed by atoms with Gasteiger partial charge in [-0.25, -0.2) is 9.18 Å². The van der Waals surface area contributed by atoms with E-state index in [1.807, 2.05) is 24.4 Å². The standard InChI is InChI=1S/C14H14FNO2S/c1-9(13-4-3-7-19-13)16-10-5-6-12(15)11(8-10)14(17)18-2/h3-9,16H,1-2H3. The summed E-state index contributed by atoms with van der Waals surface area (Å²) >= 11 is 1.64. The molecule has 0 fully saturated rings. The van der Waals surface area contributed by atoms with Crippen LogP contribution in [-0.4, -0.2) is 13.1 Å². The molecule has 2 rings (SSSR count). The number of carbonyl (C=O) groups is 1. The molecule has 0 spiro atoms. The maximum Gasteiger partial charge on any atom is 0.340 e. The highest BCUT2D eigenvalue weighted by Gasteiger charge is 2.14. The number of benzene rings is 1. The van der Waals surface area contributed by atoms with Crippen LogP contribution in [0.25, 0.3) is 0 Å². The fraction of sp³-hybridized carbons (Fsp3) is 0.214. The molecule has 1 aromatic heterocycles. The van der Waals surface area contributed by atoms with E-state index in [1.54, 1.807) is 17.4 Å². The number of ether oxygens (including phenoxy) is 1. The zero-order chi connectivity index (χ0) is 13.8. The van der Waals surface area contributed by atoms with Gasteiger partial charge in [-0.3, -0.25) is 0 Å². The lowest BCUT2D eigenvalue weighted by Crippen LogP contribution is -2.08. The summed E-state index contributed by atoms with van der Waals surface area (Å²) in [6.07, 6.45) is 0. The highest BCUT2D eigenvalue weighted by molar-refractivity contribution is 7.10. The number of thiophene rings is 1. The largest absolute Gasteiger partial charge is 0.465 e. The van der Waals surface area contributed by atoms with Crippen LogP contribution in [0.3, 0.4) is 0 Å². The number of methoxy groups -OCH3 is 1. The molecular formula is C14H14FNO2S. The maximum atomic E-state index is 13.5. The van der Waals surface area contributed by atoms with Crippen molar-refractivity contribution in [2.75, 3.05) is 12.4 Å². The topological polar surface area (TPSA) is 38.3 Å². The molecule has 2 aromatic rings. The van der Waals surface area contributed by atoms with E-state index in [1.165, 1.54) is 24.1 Å². The lowest BCUT2D eigenvalue weighted by Gasteiger charge is -2.14. The lowest BCUT2D eigenvalue weighted by molar-refractivity contribution is 0.0595. The molecule has 1 N–H and O–H groups in total. The van der Waals surface area contributed by atoms with Crippen LogP contribution in [0.15, 0.2) is 35.7 Å². The number of halogens is 1. The van der Waals surface area contributed by atoms with Gasteiger partial charge in [-0.05, 0) is 36.6 Å². The van der Waals surface area contributed by atoms with Crippen LogP contribution in [0.4, 0.5) is 10.1 Å². The van der Waals surface area contributed by atoms with Gasteiger partial charge in [-0.15, -0.1) is 11.3 Å². The molecule has 19 heavy (non-hydrogen) atoms. The minimum Gasteiger partial charge on any atom is -0.465 e. The number of anilines is 1. The van der Waals surface area contributed by atoms with Crippen molar-refractivity contribution in [2.24, 2.45) is 0 Å². The molecule has 0 bridgehead atoms. The van der Waals surface area contributed by atoms with Crippen molar-refractivity contribution in [3.05, 3.63) is 52.0 Å². The third-order valence-electron chi connectivity index (χ3n) is 2.72. The zero-order valence-corrected chi connectivity index (χ0v) is 11.5. The first kappa shape index (κ1) is 13.5. The lowest BCUT2D eigenvalue weighted by atomic mass is 10.1. The summed E-state index contributed by atoms with van der Waals surface area (Å²) in [5.41, 5.74) is 0.619. The first-order chi connectivity index (χ1) is 9.11. The molecule has 0 aliphatic rings. The Morgan fingerprint density at radius 1 is 1.42 bits per heavy atom. The number of nitrogens with one attached hydrogen (secondary N) is 1. The van der Waals surface area contributed by atoms with Gasteiger partial charge in [0.05, 0.1) is 18.7 Å². The first-order valence-corrected chi connectivity index (χ1v) is 6.67. The fourth-order valence-electron chi connectivity index (χ4n) is 1.74. The number of carbonyl (C=O) groups excluding carboxylic acids is 1. The van der Waals surface area contributed by atoms with Gasteiger partial charge >= 0.3 is 5.97 Å². The van der Waals surface area contributed by atoms with E-state index in [9.17, 15) is 9.18 Å². The van der Waals surface area contributed by atoms with Gasteiger partial charge in [0.25, 0.3) is 0 Å². The van der Waals surface area contributed by atoms with Crippen LogP contribution in [0.5, 0.6) is 0 Å². The summed E-state index contributed by atoms with van der Waals surface area (Å²) in [4.78, 5) is 12.6. The van der Waals surface area contributed by atoms with E-state index in [0.29, 0.717) is 5.69 Å². The Labute approximate surface area is 115 Å². The SMILES string of the molecule is COC(=O)c1cc(NC(C)c2cccs2)ccc1F. The third kappa shape index (κ3) is 3.12. The minimum absolute atomic E-state index is 0.0640. The highest BCUT2D eigenvalue weighted by Crippen LogP contribution is 2.24. The summed E-state index contributed by atoms with van der Waals surface area (Å²) in [6.45, 7) is 2.01. The predicted molar refractivity (Wildman–Crippen MR) is 74.1 cm³/mol. The maximum absolute atomic E-state index is 13.5. The molecule has 0 aliphatic carbocycles. The molecule has 3 nitrogen and oxygen atoms in total. The van der Waals surface area contributed by atoms with E-state index in [4.69, 9.17) is 0 Å². The van der Waals surface area contributed by atoms with E-state index in [2.05, 4.69) is 10.1 Å². The van der Waals surface area contributed by atoms with Gasteiger partial charge in [-0.1, -0.05) is 6.07 Å². The average Bonchev–Trinajstić information content (AvgIpc) is 2.94. The molecule has 100 valence electrons. The Kier molecular flexibility index (Phi) is 4.16. The number of hydrogen-bond donors (Lipinski definition) is 1. The van der Waals surface area contributed by atoms with Crippen LogP contribution in [-0.2, 0) is 4.74 Å². The average molecular weight is 279 g/mol. The minimum atomic E-state index is -0.676. The van der Waals surface area contributed by atoms with Crippen molar-refractivity contribution in [3.63, 3.8) is 0 Å². The van der Waals surface area contributed by atoms with Crippen molar-refractivity contribution in [1.82, 2.24) is 0 Å². The Hall–Kier alpha value is -1.88. The van der Waals surface area contributed by atoms with E-state index in [-0.39, 0.29) is 11.6 Å². The number of rotatable bonds is 4. The highest BCUT2D eigenvalue weighted by atomic mass is 32.1. The summed E-state index contributed by atoms with van der Waals surface area (Å²) < 4.78 is 18.0. The van der Waals surface area contributed by atoms with Gasteiger partial charge < -0.3 is 10.1 Å². The Morgan fingerprint density at radius 3 is 2.84 bits per heavy atom. The molecule has 0 saturated heterocycles. The molecule has 1 unspecified atom stereocenters. The molecule has 0 aliphatic heterocycles. The van der Waals surface area contributed by atoms with E-state index >= 15 is 0 Å². The summed E-state index contributed by atoms with van der Waals surface area (Å²) in [7, 11) is 1.23. The Bertz CT molecular complexity index is 569. The summed E-state index contributed by atoms with van der Waals surface area (Å²) in [5.74, 6) is -1.26. The van der Waals surface area contributed by atoms with Crippen LogP contribution in [0, 0.1) is 5.82 Å². The monoisotopic (exact) mass is 279 g/mol. The van der Waals surface area contributed by atoms with Crippen molar-refractivity contribution < 1.29 is 13.9 Å². The second kappa shape index (κ2) is 5.84. The zero-order valence-electron chi connectivity index (χ0n) is 10.6. The molecule has 5 heteroatoms. The van der Waals surface area contributed by atoms with Crippen LogP contribution in [0.1, 0.15) is 28.2 Å². The number of esters is 1. The van der Waals surface area contributed by atoms with Crippen LogP contribution >= 0.6 is 11.3 Å². The second-order valence-corrected chi connectivity index (χ2v) is 5.05. The van der Waals surface area contributed by atoms with Gasteiger partial charge in [0.2, 0.25) is 0 Å². The molecular weight excluding hydrogens is 265 g/mol. The smallest absolute Gasteiger partial charge is 0.340 e. The van der Waals surface area contributed by atoms with Gasteiger partial charge in [0.15, 0.2) is 0 Å². The molecule has 0 saturated carbocycles. The quantitative estimate of drug-likeness (QED) is 0.864. The molecule has 0 amide bonds. The van der Waals surface area contributed by atoms with Gasteiger partial charge in [0.1, 0.15) is 5.82 Å².